The molecule has 0 radical (unpaired) electrons. The Hall–Kier alpha value is -2.12. The number of carbonyl (C=O) groups is 2. The zero-order valence-corrected chi connectivity index (χ0v) is 12.6. The van der Waals surface area contributed by atoms with Crippen LogP contribution in [0.5, 0.6) is 0 Å². The zero-order valence-electron chi connectivity index (χ0n) is 12.6. The third kappa shape index (κ3) is 2.27. The Morgan fingerprint density at radius 3 is 2.21 bits per heavy atom. The van der Waals surface area contributed by atoms with Crippen molar-refractivity contribution in [2.75, 3.05) is 13.1 Å². The van der Waals surface area contributed by atoms with Crippen molar-refractivity contribution >= 4 is 11.9 Å². The maximum absolute atomic E-state index is 14.0. The van der Waals surface area contributed by atoms with Gasteiger partial charge in [0.15, 0.2) is 5.41 Å². The second-order valence-electron chi connectivity index (χ2n) is 6.42. The summed E-state index contributed by atoms with van der Waals surface area (Å²) < 4.78 is 53.7. The van der Waals surface area contributed by atoms with E-state index in [1.807, 2.05) is 0 Å². The lowest BCUT2D eigenvalue weighted by Gasteiger charge is -2.28. The van der Waals surface area contributed by atoms with Crippen molar-refractivity contribution in [2.24, 2.45) is 5.41 Å². The van der Waals surface area contributed by atoms with Gasteiger partial charge in [0.1, 0.15) is 5.82 Å². The molecule has 1 aromatic carbocycles. The van der Waals surface area contributed by atoms with Crippen molar-refractivity contribution in [3.05, 3.63) is 35.6 Å². The first-order valence-corrected chi connectivity index (χ1v) is 7.49. The van der Waals surface area contributed by atoms with Gasteiger partial charge in [0.2, 0.25) is 5.91 Å². The van der Waals surface area contributed by atoms with Gasteiger partial charge in [0.25, 0.3) is 0 Å². The van der Waals surface area contributed by atoms with Crippen LogP contribution in [-0.2, 0) is 15.0 Å². The molecular weight excluding hydrogens is 330 g/mol. The number of halogens is 4. The fraction of sp³-hybridized carbons (Fsp3) is 0.500. The molecule has 2 aliphatic rings. The molecule has 1 aliphatic heterocycles. The molecule has 0 spiro atoms. The molecule has 1 aliphatic carbocycles. The van der Waals surface area contributed by atoms with Gasteiger partial charge in [-0.1, -0.05) is 18.2 Å². The van der Waals surface area contributed by atoms with E-state index in [0.717, 1.165) is 4.90 Å². The minimum Gasteiger partial charge on any atom is -0.481 e. The third-order valence-electron chi connectivity index (χ3n) is 5.06. The Bertz CT molecular complexity index is 699. The molecule has 1 aromatic rings. The number of amides is 1. The Morgan fingerprint density at radius 2 is 1.75 bits per heavy atom. The van der Waals surface area contributed by atoms with Crippen LogP contribution in [0.15, 0.2) is 24.3 Å². The van der Waals surface area contributed by atoms with Gasteiger partial charge in [-0.3, -0.25) is 9.59 Å². The fourth-order valence-electron chi connectivity index (χ4n) is 3.39. The number of carbonyl (C=O) groups excluding carboxylic acids is 1. The molecular formula is C16H15F4NO3. The first kappa shape index (κ1) is 16.7. The number of benzene rings is 1. The number of hydrogen-bond acceptors (Lipinski definition) is 2. The quantitative estimate of drug-likeness (QED) is 0.857. The largest absolute Gasteiger partial charge is 0.481 e. The topological polar surface area (TPSA) is 57.6 Å². The minimum absolute atomic E-state index is 0.162. The van der Waals surface area contributed by atoms with Crippen LogP contribution < -0.4 is 0 Å². The van der Waals surface area contributed by atoms with Crippen LogP contribution in [0.3, 0.4) is 0 Å². The van der Waals surface area contributed by atoms with Crippen molar-refractivity contribution in [1.82, 2.24) is 4.90 Å². The van der Waals surface area contributed by atoms with E-state index < -0.39 is 47.7 Å². The van der Waals surface area contributed by atoms with Crippen LogP contribution in [0.1, 0.15) is 24.8 Å². The van der Waals surface area contributed by atoms with Gasteiger partial charge < -0.3 is 10.0 Å². The van der Waals surface area contributed by atoms with E-state index in [4.69, 9.17) is 5.11 Å². The smallest absolute Gasteiger partial charge is 0.406 e. The molecule has 0 bridgehead atoms. The summed E-state index contributed by atoms with van der Waals surface area (Å²) in [5, 5.41) is 9.06. The summed E-state index contributed by atoms with van der Waals surface area (Å²) in [7, 11) is 0. The highest BCUT2D eigenvalue weighted by molar-refractivity contribution is 5.92. The minimum atomic E-state index is -4.96. The van der Waals surface area contributed by atoms with Gasteiger partial charge in [-0.05, 0) is 25.3 Å². The van der Waals surface area contributed by atoms with E-state index in [2.05, 4.69) is 0 Å². The van der Waals surface area contributed by atoms with Crippen LogP contribution in [-0.4, -0.2) is 41.1 Å². The van der Waals surface area contributed by atoms with E-state index >= 15 is 0 Å². The van der Waals surface area contributed by atoms with Crippen LogP contribution in [0, 0.1) is 11.2 Å². The molecule has 1 saturated carbocycles. The summed E-state index contributed by atoms with van der Waals surface area (Å²) in [6.07, 6.45) is -4.96. The fourth-order valence-corrected chi connectivity index (χ4v) is 3.39. The molecule has 1 saturated heterocycles. The average Bonchev–Trinajstić information content (AvgIpc) is 3.16. The Kier molecular flexibility index (Phi) is 3.62. The molecule has 0 aromatic heterocycles. The lowest BCUT2D eigenvalue weighted by atomic mass is 9.86. The maximum Gasteiger partial charge on any atom is 0.406 e. The Labute approximate surface area is 135 Å². The highest BCUT2D eigenvalue weighted by Crippen LogP contribution is 2.53. The molecule has 24 heavy (non-hydrogen) atoms. The van der Waals surface area contributed by atoms with Crippen molar-refractivity contribution in [3.8, 4) is 0 Å². The predicted octanol–water partition coefficient (Wildman–Crippen LogP) is 2.72. The van der Waals surface area contributed by atoms with E-state index in [0.29, 0.717) is 12.8 Å². The van der Waals surface area contributed by atoms with Crippen LogP contribution >= 0.6 is 0 Å². The number of aliphatic carboxylic acids is 1. The van der Waals surface area contributed by atoms with Crippen LogP contribution in [0.25, 0.3) is 0 Å². The number of nitrogens with zero attached hydrogens (tertiary/aromatic N) is 1. The molecule has 4 nitrogen and oxygen atoms in total. The summed E-state index contributed by atoms with van der Waals surface area (Å²) >= 11 is 0. The molecule has 2 fully saturated rings. The molecule has 1 atom stereocenters. The molecule has 1 unspecified atom stereocenters. The van der Waals surface area contributed by atoms with Gasteiger partial charge in [0, 0.05) is 18.7 Å². The molecule has 3 rings (SSSR count). The third-order valence-corrected chi connectivity index (χ3v) is 5.06. The highest BCUT2D eigenvalue weighted by atomic mass is 19.4. The molecule has 1 amide bonds. The van der Waals surface area contributed by atoms with Gasteiger partial charge in [-0.15, -0.1) is 0 Å². The van der Waals surface area contributed by atoms with Crippen LogP contribution in [0.2, 0.25) is 0 Å². The van der Waals surface area contributed by atoms with E-state index in [1.165, 1.54) is 18.2 Å². The van der Waals surface area contributed by atoms with Crippen molar-refractivity contribution in [2.45, 2.75) is 30.9 Å². The molecule has 1 N–H and O–H groups in total. The number of hydrogen-bond donors (Lipinski definition) is 1. The van der Waals surface area contributed by atoms with Crippen molar-refractivity contribution < 1.29 is 32.3 Å². The molecule has 130 valence electrons. The summed E-state index contributed by atoms with van der Waals surface area (Å²) in [5.74, 6) is -3.19. The molecule has 1 heterocycles. The number of carboxylic acid groups (broad SMARTS) is 1. The number of alkyl halides is 3. The monoisotopic (exact) mass is 345 g/mol. The maximum atomic E-state index is 14.0. The standard InChI is InChI=1S/C16H15F4NO3/c17-11-4-2-1-3-10(11)14(5-6-14)12(22)21-8-7-15(9-21,13(23)24)16(18,19)20/h1-4H,5-9H2,(H,23,24). The second-order valence-corrected chi connectivity index (χ2v) is 6.42. The van der Waals surface area contributed by atoms with Crippen molar-refractivity contribution in [1.29, 1.82) is 0 Å². The van der Waals surface area contributed by atoms with Crippen LogP contribution in [0.4, 0.5) is 17.6 Å². The van der Waals surface area contributed by atoms with Gasteiger partial charge in [-0.25, -0.2) is 4.39 Å². The van der Waals surface area contributed by atoms with Crippen molar-refractivity contribution in [3.63, 3.8) is 0 Å². The summed E-state index contributed by atoms with van der Waals surface area (Å²) in [4.78, 5) is 24.8. The lowest BCUT2D eigenvalue weighted by Crippen LogP contribution is -2.49. The van der Waals surface area contributed by atoms with E-state index in [9.17, 15) is 27.2 Å². The Balaban J connectivity index is 1.88. The summed E-state index contributed by atoms with van der Waals surface area (Å²) in [6, 6.07) is 5.68. The molecule has 8 heteroatoms. The second kappa shape index (κ2) is 5.19. The Morgan fingerprint density at radius 1 is 1.12 bits per heavy atom. The zero-order chi connectivity index (χ0) is 17.8. The number of likely N-dealkylation sites (tertiary alicyclic amines) is 1. The van der Waals surface area contributed by atoms with E-state index in [1.54, 1.807) is 6.07 Å². The van der Waals surface area contributed by atoms with Gasteiger partial charge in [0.05, 0.1) is 5.41 Å². The highest BCUT2D eigenvalue weighted by Gasteiger charge is 2.66. The first-order chi connectivity index (χ1) is 11.1. The lowest BCUT2D eigenvalue weighted by molar-refractivity contribution is -0.227. The van der Waals surface area contributed by atoms with E-state index in [-0.39, 0.29) is 12.1 Å². The average molecular weight is 345 g/mol. The SMILES string of the molecule is O=C(N1CCC(C(=O)O)(C(F)(F)F)C1)C1(c2ccccc2F)CC1. The summed E-state index contributed by atoms with van der Waals surface area (Å²) in [5.41, 5.74) is -3.95. The van der Waals surface area contributed by atoms with Gasteiger partial charge in [-0.2, -0.15) is 13.2 Å². The summed E-state index contributed by atoms with van der Waals surface area (Å²) in [6.45, 7) is -1.23. The predicted molar refractivity (Wildman–Crippen MR) is 74.6 cm³/mol. The first-order valence-electron chi connectivity index (χ1n) is 7.49. The normalized spacial score (nSPS) is 25.6. The van der Waals surface area contributed by atoms with Gasteiger partial charge >= 0.3 is 12.1 Å². The number of rotatable bonds is 3. The number of carboxylic acids is 1.